The molecule has 118 valence electrons. The van der Waals surface area contributed by atoms with Crippen molar-refractivity contribution >= 4 is 5.91 Å². The number of aryl methyl sites for hydroxylation is 3. The molecule has 1 amide bonds. The maximum absolute atomic E-state index is 12.3. The molecule has 3 heterocycles. The van der Waals surface area contributed by atoms with Crippen LogP contribution in [0.3, 0.4) is 0 Å². The van der Waals surface area contributed by atoms with Gasteiger partial charge in [-0.15, -0.1) is 0 Å². The van der Waals surface area contributed by atoms with E-state index in [0.717, 1.165) is 23.4 Å². The van der Waals surface area contributed by atoms with Gasteiger partial charge in [-0.1, -0.05) is 0 Å². The monoisotopic (exact) mass is 303 g/mol. The predicted octanol–water partition coefficient (Wildman–Crippen LogP) is 0.880. The Balaban J connectivity index is 1.64. The average molecular weight is 303 g/mol. The Hall–Kier alpha value is -2.15. The van der Waals surface area contributed by atoms with Crippen LogP contribution in [0.4, 0.5) is 0 Å². The fraction of sp³-hybridized carbons (Fsp3) is 0.533. The fourth-order valence-electron chi connectivity index (χ4n) is 2.88. The fourth-order valence-corrected chi connectivity index (χ4v) is 2.88. The molecule has 1 fully saturated rings. The van der Waals surface area contributed by atoms with Gasteiger partial charge in [0.15, 0.2) is 0 Å². The molecule has 0 aromatic carbocycles. The first kappa shape index (κ1) is 14.8. The molecule has 2 atom stereocenters. The van der Waals surface area contributed by atoms with E-state index in [9.17, 15) is 4.79 Å². The highest BCUT2D eigenvalue weighted by molar-refractivity contribution is 5.76. The second-order valence-corrected chi connectivity index (χ2v) is 5.79. The molecule has 0 aliphatic carbocycles. The predicted molar refractivity (Wildman–Crippen MR) is 80.1 cm³/mol. The Kier molecular flexibility index (Phi) is 3.98. The third kappa shape index (κ3) is 3.04. The van der Waals surface area contributed by atoms with E-state index in [1.54, 1.807) is 15.6 Å². The highest BCUT2D eigenvalue weighted by atomic mass is 16.5. The highest BCUT2D eigenvalue weighted by Gasteiger charge is 2.31. The van der Waals surface area contributed by atoms with Crippen LogP contribution in [0.25, 0.3) is 0 Å². The van der Waals surface area contributed by atoms with Gasteiger partial charge in [0.25, 0.3) is 0 Å². The highest BCUT2D eigenvalue weighted by Crippen LogP contribution is 2.28. The van der Waals surface area contributed by atoms with Crippen molar-refractivity contribution < 1.29 is 9.53 Å². The first-order chi connectivity index (χ1) is 10.5. The molecule has 0 unspecified atom stereocenters. The normalized spacial score (nSPS) is 21.2. The second-order valence-electron chi connectivity index (χ2n) is 5.79. The Morgan fingerprint density at radius 1 is 1.50 bits per heavy atom. The molecule has 1 N–H and O–H groups in total. The van der Waals surface area contributed by atoms with Gasteiger partial charge in [0, 0.05) is 31.1 Å². The molecule has 1 saturated heterocycles. The average Bonchev–Trinajstić information content (AvgIpc) is 3.12. The maximum Gasteiger partial charge on any atom is 0.242 e. The van der Waals surface area contributed by atoms with E-state index in [1.807, 2.05) is 33.2 Å². The van der Waals surface area contributed by atoms with Crippen LogP contribution in [0.2, 0.25) is 0 Å². The van der Waals surface area contributed by atoms with Gasteiger partial charge < -0.3 is 10.1 Å². The van der Waals surface area contributed by atoms with Crippen LogP contribution >= 0.6 is 0 Å². The molecule has 0 spiro atoms. The van der Waals surface area contributed by atoms with Gasteiger partial charge in [0.1, 0.15) is 12.6 Å². The van der Waals surface area contributed by atoms with Crippen LogP contribution in [0.15, 0.2) is 18.5 Å². The summed E-state index contributed by atoms with van der Waals surface area (Å²) in [6.07, 6.45) is 4.40. The van der Waals surface area contributed by atoms with Crippen molar-refractivity contribution in [3.05, 3.63) is 35.4 Å². The minimum absolute atomic E-state index is 0.0198. The first-order valence-electron chi connectivity index (χ1n) is 7.43. The topological polar surface area (TPSA) is 74.0 Å². The van der Waals surface area contributed by atoms with Crippen molar-refractivity contribution in [3.63, 3.8) is 0 Å². The SMILES string of the molecule is Cc1cc(C)n(CC(=O)N[C@H]2CCO[C@@H]2c2cnn(C)c2)n1. The van der Waals surface area contributed by atoms with Crippen LogP contribution in [-0.2, 0) is 23.1 Å². The molecule has 0 bridgehead atoms. The molecule has 0 radical (unpaired) electrons. The van der Waals surface area contributed by atoms with Crippen LogP contribution in [0.1, 0.15) is 29.5 Å². The van der Waals surface area contributed by atoms with E-state index in [0.29, 0.717) is 6.61 Å². The third-order valence-electron chi connectivity index (χ3n) is 3.89. The lowest BCUT2D eigenvalue weighted by Crippen LogP contribution is -2.39. The standard InChI is InChI=1S/C15H21N5O2/c1-10-6-11(2)20(18-10)9-14(21)17-13-4-5-22-15(13)12-7-16-19(3)8-12/h6-8,13,15H,4-5,9H2,1-3H3,(H,17,21)/t13-,15+/m0/s1. The lowest BCUT2D eigenvalue weighted by atomic mass is 10.1. The van der Waals surface area contributed by atoms with Gasteiger partial charge in [-0.3, -0.25) is 14.2 Å². The van der Waals surface area contributed by atoms with E-state index < -0.39 is 0 Å². The maximum atomic E-state index is 12.3. The van der Waals surface area contributed by atoms with Crippen molar-refractivity contribution in [3.8, 4) is 0 Å². The van der Waals surface area contributed by atoms with Crippen molar-refractivity contribution in [1.29, 1.82) is 0 Å². The zero-order chi connectivity index (χ0) is 15.7. The minimum Gasteiger partial charge on any atom is -0.371 e. The quantitative estimate of drug-likeness (QED) is 0.910. The van der Waals surface area contributed by atoms with Crippen LogP contribution < -0.4 is 5.32 Å². The van der Waals surface area contributed by atoms with Crippen molar-refractivity contribution in [1.82, 2.24) is 24.9 Å². The molecule has 1 aliphatic heterocycles. The van der Waals surface area contributed by atoms with Crippen molar-refractivity contribution in [2.24, 2.45) is 7.05 Å². The van der Waals surface area contributed by atoms with Crippen LogP contribution in [-0.4, -0.2) is 38.1 Å². The molecular formula is C15H21N5O2. The minimum atomic E-state index is -0.127. The van der Waals surface area contributed by atoms with Crippen LogP contribution in [0, 0.1) is 13.8 Å². The van der Waals surface area contributed by atoms with E-state index in [1.165, 1.54) is 0 Å². The largest absolute Gasteiger partial charge is 0.371 e. The molecule has 22 heavy (non-hydrogen) atoms. The Morgan fingerprint density at radius 2 is 2.32 bits per heavy atom. The number of aromatic nitrogens is 4. The molecule has 2 aromatic rings. The Labute approximate surface area is 129 Å². The molecular weight excluding hydrogens is 282 g/mol. The smallest absolute Gasteiger partial charge is 0.242 e. The summed E-state index contributed by atoms with van der Waals surface area (Å²) >= 11 is 0. The zero-order valence-electron chi connectivity index (χ0n) is 13.1. The number of nitrogens with one attached hydrogen (secondary N) is 1. The van der Waals surface area contributed by atoms with Gasteiger partial charge in [0.05, 0.1) is 17.9 Å². The lowest BCUT2D eigenvalue weighted by Gasteiger charge is -2.19. The van der Waals surface area contributed by atoms with Crippen molar-refractivity contribution in [2.75, 3.05) is 6.61 Å². The number of hydrogen-bond acceptors (Lipinski definition) is 4. The van der Waals surface area contributed by atoms with Gasteiger partial charge in [-0.2, -0.15) is 10.2 Å². The van der Waals surface area contributed by atoms with Gasteiger partial charge in [0.2, 0.25) is 5.91 Å². The number of carbonyl (C=O) groups is 1. The lowest BCUT2D eigenvalue weighted by molar-refractivity contribution is -0.123. The summed E-state index contributed by atoms with van der Waals surface area (Å²) in [5, 5.41) is 11.5. The first-order valence-corrected chi connectivity index (χ1v) is 7.43. The summed E-state index contributed by atoms with van der Waals surface area (Å²) in [7, 11) is 1.87. The second kappa shape index (κ2) is 5.92. The Morgan fingerprint density at radius 3 is 2.95 bits per heavy atom. The number of rotatable bonds is 4. The molecule has 1 aliphatic rings. The molecule has 0 saturated carbocycles. The summed E-state index contributed by atoms with van der Waals surface area (Å²) in [4.78, 5) is 12.3. The van der Waals surface area contributed by atoms with E-state index in [2.05, 4.69) is 15.5 Å². The molecule has 2 aromatic heterocycles. The number of carbonyl (C=O) groups excluding carboxylic acids is 1. The summed E-state index contributed by atoms with van der Waals surface area (Å²) < 4.78 is 9.22. The summed E-state index contributed by atoms with van der Waals surface area (Å²) in [6, 6.07) is 1.94. The van der Waals surface area contributed by atoms with Crippen LogP contribution in [0.5, 0.6) is 0 Å². The molecule has 7 nitrogen and oxygen atoms in total. The third-order valence-corrected chi connectivity index (χ3v) is 3.89. The van der Waals surface area contributed by atoms with Gasteiger partial charge in [-0.05, 0) is 26.3 Å². The van der Waals surface area contributed by atoms with Gasteiger partial charge in [-0.25, -0.2) is 0 Å². The van der Waals surface area contributed by atoms with E-state index in [4.69, 9.17) is 4.74 Å². The van der Waals surface area contributed by atoms with Crippen molar-refractivity contribution in [2.45, 2.75) is 39.0 Å². The number of nitrogens with zero attached hydrogens (tertiary/aromatic N) is 4. The zero-order valence-corrected chi connectivity index (χ0v) is 13.1. The number of amides is 1. The number of ether oxygens (including phenoxy) is 1. The summed E-state index contributed by atoms with van der Waals surface area (Å²) in [5.41, 5.74) is 2.90. The summed E-state index contributed by atoms with van der Waals surface area (Å²) in [6.45, 7) is 4.75. The molecule has 3 rings (SSSR count). The summed E-state index contributed by atoms with van der Waals surface area (Å²) in [5.74, 6) is -0.0457. The number of hydrogen-bond donors (Lipinski definition) is 1. The Bertz CT molecular complexity index is 675. The van der Waals surface area contributed by atoms with Gasteiger partial charge >= 0.3 is 0 Å². The van der Waals surface area contributed by atoms with E-state index >= 15 is 0 Å². The van der Waals surface area contributed by atoms with E-state index in [-0.39, 0.29) is 24.6 Å². The molecule has 7 heteroatoms.